The summed E-state index contributed by atoms with van der Waals surface area (Å²) in [4.78, 5) is 15.8. The number of thiophene rings is 1. The van der Waals surface area contributed by atoms with Crippen LogP contribution in [0, 0.1) is 23.2 Å². The van der Waals surface area contributed by atoms with Crippen LogP contribution in [-0.4, -0.2) is 23.9 Å². The summed E-state index contributed by atoms with van der Waals surface area (Å²) >= 11 is 1.58. The Balaban J connectivity index is 1.55. The fourth-order valence-corrected chi connectivity index (χ4v) is 6.54. The zero-order valence-electron chi connectivity index (χ0n) is 13.6. The molecule has 4 saturated carbocycles. The van der Waals surface area contributed by atoms with E-state index >= 15 is 0 Å². The fraction of sp³-hybridized carbons (Fsp3) is 0.737. The molecule has 120 valence electrons. The van der Waals surface area contributed by atoms with Gasteiger partial charge in [-0.3, -0.25) is 4.79 Å². The van der Waals surface area contributed by atoms with Gasteiger partial charge in [0.2, 0.25) is 0 Å². The van der Waals surface area contributed by atoms with Gasteiger partial charge < -0.3 is 4.90 Å². The number of hydrogen-bond acceptors (Lipinski definition) is 2. The number of carbonyl (C=O) groups is 1. The lowest BCUT2D eigenvalue weighted by Crippen LogP contribution is -2.47. The maximum atomic E-state index is 12.8. The molecule has 1 aromatic heterocycles. The maximum Gasteiger partial charge on any atom is 0.263 e. The van der Waals surface area contributed by atoms with Gasteiger partial charge in [0.1, 0.15) is 0 Å². The third-order valence-electron chi connectivity index (χ3n) is 6.41. The highest BCUT2D eigenvalue weighted by Gasteiger charge is 2.49. The van der Waals surface area contributed by atoms with Crippen LogP contribution in [0.4, 0.5) is 0 Å². The van der Waals surface area contributed by atoms with Crippen LogP contribution in [0.1, 0.15) is 61.5 Å². The molecule has 2 atom stereocenters. The van der Waals surface area contributed by atoms with E-state index in [1.54, 1.807) is 11.3 Å². The lowest BCUT2D eigenvalue weighted by Gasteiger charge is -2.50. The lowest BCUT2D eigenvalue weighted by atomic mass is 9.58. The van der Waals surface area contributed by atoms with Crippen molar-refractivity contribution in [1.82, 2.24) is 4.90 Å². The van der Waals surface area contributed by atoms with Gasteiger partial charge in [0.05, 0.1) is 4.88 Å². The van der Waals surface area contributed by atoms with E-state index in [0.717, 1.165) is 35.7 Å². The highest BCUT2D eigenvalue weighted by atomic mass is 32.1. The summed E-state index contributed by atoms with van der Waals surface area (Å²) in [6, 6.07) is 3.96. The molecule has 0 aromatic carbocycles. The summed E-state index contributed by atoms with van der Waals surface area (Å²) in [5.41, 5.74) is 0.440. The first-order chi connectivity index (χ1) is 10.7. The molecule has 4 fully saturated rings. The number of rotatable bonds is 4. The summed E-state index contributed by atoms with van der Waals surface area (Å²) in [7, 11) is 0. The van der Waals surface area contributed by atoms with E-state index in [9.17, 15) is 4.79 Å². The topological polar surface area (TPSA) is 20.3 Å². The van der Waals surface area contributed by atoms with E-state index in [1.165, 1.54) is 44.9 Å². The van der Waals surface area contributed by atoms with Crippen LogP contribution in [0.3, 0.4) is 0 Å². The number of fused-ring (bicyclic) bond motifs is 1. The molecule has 0 spiro atoms. The Bertz CT molecular complexity index is 522. The summed E-state index contributed by atoms with van der Waals surface area (Å²) in [6.45, 7) is 3.99. The average Bonchev–Trinajstić information content (AvgIpc) is 2.95. The number of hydrogen-bond donors (Lipinski definition) is 0. The molecule has 0 unspecified atom stereocenters. The third kappa shape index (κ3) is 2.62. The molecule has 2 nitrogen and oxygen atoms in total. The van der Waals surface area contributed by atoms with Gasteiger partial charge in [-0.25, -0.2) is 0 Å². The minimum absolute atomic E-state index is 0.256. The Morgan fingerprint density at radius 1 is 1.23 bits per heavy atom. The van der Waals surface area contributed by atoms with E-state index in [1.807, 2.05) is 17.5 Å². The quantitative estimate of drug-likeness (QED) is 0.780. The summed E-state index contributed by atoms with van der Waals surface area (Å²) in [6.07, 6.45) is 10.0. The molecular formula is C19H27NOS. The molecule has 0 radical (unpaired) electrons. The lowest BCUT2D eigenvalue weighted by molar-refractivity contribution is 0.00588. The molecule has 5 rings (SSSR count). The van der Waals surface area contributed by atoms with Crippen molar-refractivity contribution in [3.05, 3.63) is 22.4 Å². The van der Waals surface area contributed by atoms with Crippen LogP contribution < -0.4 is 0 Å². The van der Waals surface area contributed by atoms with Crippen molar-refractivity contribution in [2.24, 2.45) is 23.2 Å². The van der Waals surface area contributed by atoms with Gasteiger partial charge in [-0.1, -0.05) is 18.9 Å². The molecule has 22 heavy (non-hydrogen) atoms. The first-order valence-corrected chi connectivity index (χ1v) is 9.88. The van der Waals surface area contributed by atoms with Crippen molar-refractivity contribution >= 4 is 17.2 Å². The normalized spacial score (nSPS) is 36.3. The molecule has 4 aliphatic carbocycles. The van der Waals surface area contributed by atoms with Crippen LogP contribution in [0.5, 0.6) is 0 Å². The Morgan fingerprint density at radius 3 is 2.50 bits per heavy atom. The van der Waals surface area contributed by atoms with Crippen LogP contribution in [0.15, 0.2) is 17.5 Å². The summed E-state index contributed by atoms with van der Waals surface area (Å²) in [5.74, 6) is 3.10. The number of carbonyl (C=O) groups excluding carboxylic acids is 1. The molecule has 1 aromatic rings. The van der Waals surface area contributed by atoms with Crippen molar-refractivity contribution in [3.63, 3.8) is 0 Å². The average molecular weight is 317 g/mol. The number of amides is 1. The van der Waals surface area contributed by atoms with Crippen molar-refractivity contribution in [2.75, 3.05) is 13.1 Å². The summed E-state index contributed by atoms with van der Waals surface area (Å²) in [5, 5.41) is 2.01. The molecule has 1 heterocycles. The van der Waals surface area contributed by atoms with Crippen LogP contribution >= 0.6 is 11.3 Å². The van der Waals surface area contributed by atoms with Crippen LogP contribution in [0.25, 0.3) is 0 Å². The highest BCUT2D eigenvalue weighted by molar-refractivity contribution is 7.12. The van der Waals surface area contributed by atoms with Gasteiger partial charge in [-0.15, -0.1) is 11.3 Å². The van der Waals surface area contributed by atoms with Gasteiger partial charge in [0.25, 0.3) is 5.91 Å². The molecule has 0 saturated heterocycles. The molecule has 0 N–H and O–H groups in total. The van der Waals surface area contributed by atoms with Crippen molar-refractivity contribution in [1.29, 1.82) is 0 Å². The van der Waals surface area contributed by atoms with Gasteiger partial charge in [0.15, 0.2) is 0 Å². The van der Waals surface area contributed by atoms with Gasteiger partial charge >= 0.3 is 0 Å². The second-order valence-electron chi connectivity index (χ2n) is 8.06. The Hall–Kier alpha value is -0.830. The Morgan fingerprint density at radius 2 is 1.91 bits per heavy atom. The standard InChI is InChI=1S/C19H27NOS/c1-2-20(18(21)17-4-3-7-22-17)13-19-10-14-5-6-15(11-19)9-16(8-14)12-19/h3-4,7,14-16H,2,5-6,8-13H2,1H3/t14-,15-,16?,19?/m1/s1. The van der Waals surface area contributed by atoms with E-state index in [-0.39, 0.29) is 5.91 Å². The van der Waals surface area contributed by atoms with Crippen molar-refractivity contribution in [3.8, 4) is 0 Å². The van der Waals surface area contributed by atoms with Crippen LogP contribution in [0.2, 0.25) is 0 Å². The maximum absolute atomic E-state index is 12.8. The first kappa shape index (κ1) is 14.7. The zero-order chi connectivity index (χ0) is 15.2. The van der Waals surface area contributed by atoms with Gasteiger partial charge in [-0.2, -0.15) is 0 Å². The minimum atomic E-state index is 0.256. The Labute approximate surface area is 137 Å². The largest absolute Gasteiger partial charge is 0.338 e. The van der Waals surface area contributed by atoms with Crippen molar-refractivity contribution < 1.29 is 4.79 Å². The van der Waals surface area contributed by atoms with Crippen molar-refractivity contribution in [2.45, 2.75) is 51.9 Å². The third-order valence-corrected chi connectivity index (χ3v) is 7.27. The fourth-order valence-electron chi connectivity index (χ4n) is 5.85. The number of nitrogens with zero attached hydrogens (tertiary/aromatic N) is 1. The summed E-state index contributed by atoms with van der Waals surface area (Å²) < 4.78 is 0. The smallest absolute Gasteiger partial charge is 0.263 e. The SMILES string of the molecule is CCN(CC12CC3C[C@@H](CC[C@H](C3)C1)C2)C(=O)c1cccs1. The predicted octanol–water partition coefficient (Wildman–Crippen LogP) is 4.82. The van der Waals surface area contributed by atoms with E-state index < -0.39 is 0 Å². The molecular weight excluding hydrogens is 290 g/mol. The second kappa shape index (κ2) is 5.67. The molecule has 0 aliphatic heterocycles. The Kier molecular flexibility index (Phi) is 3.80. The highest BCUT2D eigenvalue weighted by Crippen LogP contribution is 2.57. The molecule has 4 aliphatic rings. The predicted molar refractivity (Wildman–Crippen MR) is 91.1 cm³/mol. The monoisotopic (exact) mass is 317 g/mol. The molecule has 1 amide bonds. The molecule has 4 bridgehead atoms. The van der Waals surface area contributed by atoms with E-state index in [0.29, 0.717) is 5.41 Å². The first-order valence-electron chi connectivity index (χ1n) is 9.00. The van der Waals surface area contributed by atoms with E-state index in [2.05, 4.69) is 11.8 Å². The van der Waals surface area contributed by atoms with E-state index in [4.69, 9.17) is 0 Å². The molecule has 3 heteroatoms. The second-order valence-corrected chi connectivity index (χ2v) is 9.00. The minimum Gasteiger partial charge on any atom is -0.338 e. The van der Waals surface area contributed by atoms with Crippen LogP contribution in [-0.2, 0) is 0 Å². The van der Waals surface area contributed by atoms with Gasteiger partial charge in [0, 0.05) is 13.1 Å². The van der Waals surface area contributed by atoms with Gasteiger partial charge in [-0.05, 0) is 73.6 Å². The zero-order valence-corrected chi connectivity index (χ0v) is 14.4.